The third kappa shape index (κ3) is 1.21. The number of aryl methyl sites for hydroxylation is 1. The molecule has 0 aliphatic heterocycles. The van der Waals surface area contributed by atoms with Crippen molar-refractivity contribution in [1.82, 2.24) is 15.1 Å². The number of fused-ring (bicyclic) bond motifs is 1. The van der Waals surface area contributed by atoms with Crippen LogP contribution < -0.4 is 5.56 Å². The van der Waals surface area contributed by atoms with Crippen molar-refractivity contribution in [3.8, 4) is 0 Å². The van der Waals surface area contributed by atoms with Crippen LogP contribution in [0, 0.1) is 6.92 Å². The summed E-state index contributed by atoms with van der Waals surface area (Å²) < 4.78 is 5.08. The molecule has 0 amide bonds. The van der Waals surface area contributed by atoms with Crippen LogP contribution in [-0.4, -0.2) is 15.1 Å². The minimum atomic E-state index is -0.183. The van der Waals surface area contributed by atoms with E-state index in [0.717, 1.165) is 0 Å². The number of rotatable bonds is 1. The lowest BCUT2D eigenvalue weighted by Gasteiger charge is -1.97. The van der Waals surface area contributed by atoms with Crippen molar-refractivity contribution in [2.24, 2.45) is 0 Å². The second kappa shape index (κ2) is 2.94. The molecular formula is C9H11N3O2. The molecule has 0 radical (unpaired) electrons. The third-order valence-corrected chi connectivity index (χ3v) is 2.02. The summed E-state index contributed by atoms with van der Waals surface area (Å²) in [5, 5.41) is 4.22. The zero-order valence-corrected chi connectivity index (χ0v) is 8.29. The molecule has 0 aliphatic carbocycles. The molecule has 0 fully saturated rings. The van der Waals surface area contributed by atoms with Crippen molar-refractivity contribution in [3.05, 3.63) is 21.9 Å². The van der Waals surface area contributed by atoms with E-state index in [1.807, 2.05) is 13.8 Å². The molecule has 0 spiro atoms. The summed E-state index contributed by atoms with van der Waals surface area (Å²) in [5.74, 6) is 1.27. The third-order valence-electron chi connectivity index (χ3n) is 2.02. The van der Waals surface area contributed by atoms with Gasteiger partial charge >= 0.3 is 0 Å². The first-order valence-electron chi connectivity index (χ1n) is 4.46. The molecule has 0 saturated heterocycles. The normalized spacial score (nSPS) is 11.4. The van der Waals surface area contributed by atoms with Gasteiger partial charge in [-0.15, -0.1) is 0 Å². The van der Waals surface area contributed by atoms with E-state index in [2.05, 4.69) is 15.1 Å². The molecule has 74 valence electrons. The average Bonchev–Trinajstić information content (AvgIpc) is 2.47. The van der Waals surface area contributed by atoms with Gasteiger partial charge in [-0.1, -0.05) is 19.0 Å². The number of aromatic nitrogens is 3. The van der Waals surface area contributed by atoms with Crippen LogP contribution in [0.1, 0.15) is 31.4 Å². The van der Waals surface area contributed by atoms with E-state index in [4.69, 9.17) is 4.52 Å². The van der Waals surface area contributed by atoms with Gasteiger partial charge < -0.3 is 9.51 Å². The topological polar surface area (TPSA) is 71.8 Å². The predicted molar refractivity (Wildman–Crippen MR) is 51.3 cm³/mol. The summed E-state index contributed by atoms with van der Waals surface area (Å²) in [7, 11) is 0. The number of nitrogens with zero attached hydrogens (tertiary/aromatic N) is 2. The summed E-state index contributed by atoms with van der Waals surface area (Å²) in [4.78, 5) is 18.3. The van der Waals surface area contributed by atoms with Gasteiger partial charge in [0.15, 0.2) is 5.76 Å². The van der Waals surface area contributed by atoms with E-state index in [1.54, 1.807) is 6.92 Å². The number of hydrogen-bond donors (Lipinski definition) is 1. The van der Waals surface area contributed by atoms with Gasteiger partial charge in [0.05, 0.1) is 0 Å². The Morgan fingerprint density at radius 1 is 1.43 bits per heavy atom. The van der Waals surface area contributed by atoms with E-state index in [0.29, 0.717) is 22.6 Å². The van der Waals surface area contributed by atoms with E-state index in [9.17, 15) is 4.79 Å². The van der Waals surface area contributed by atoms with Gasteiger partial charge in [-0.25, -0.2) is 4.98 Å². The van der Waals surface area contributed by atoms with Gasteiger partial charge in [-0.2, -0.15) is 0 Å². The van der Waals surface area contributed by atoms with Crippen molar-refractivity contribution < 1.29 is 4.52 Å². The fourth-order valence-corrected chi connectivity index (χ4v) is 1.39. The van der Waals surface area contributed by atoms with E-state index >= 15 is 0 Å². The van der Waals surface area contributed by atoms with Gasteiger partial charge in [0.1, 0.15) is 11.2 Å². The van der Waals surface area contributed by atoms with E-state index < -0.39 is 0 Å². The van der Waals surface area contributed by atoms with E-state index in [-0.39, 0.29) is 11.5 Å². The Hall–Kier alpha value is -1.65. The smallest absolute Gasteiger partial charge is 0.264 e. The molecule has 2 rings (SSSR count). The maximum Gasteiger partial charge on any atom is 0.264 e. The van der Waals surface area contributed by atoms with Crippen LogP contribution in [0.4, 0.5) is 0 Å². The Kier molecular flexibility index (Phi) is 1.87. The summed E-state index contributed by atoms with van der Waals surface area (Å²) >= 11 is 0. The summed E-state index contributed by atoms with van der Waals surface area (Å²) in [6.07, 6.45) is 0. The molecular weight excluding hydrogens is 182 g/mol. The van der Waals surface area contributed by atoms with Crippen LogP contribution in [0.3, 0.4) is 0 Å². The fourth-order valence-electron chi connectivity index (χ4n) is 1.39. The van der Waals surface area contributed by atoms with Crippen LogP contribution in [-0.2, 0) is 0 Å². The molecule has 0 bridgehead atoms. The Morgan fingerprint density at radius 2 is 2.14 bits per heavy atom. The predicted octanol–water partition coefficient (Wildman–Crippen LogP) is 1.34. The summed E-state index contributed by atoms with van der Waals surface area (Å²) in [5.41, 5.74) is 0.201. The molecule has 0 aliphatic rings. The lowest BCUT2D eigenvalue weighted by molar-refractivity contribution is 0.377. The van der Waals surface area contributed by atoms with Crippen LogP contribution in [0.25, 0.3) is 11.0 Å². The number of nitrogens with one attached hydrogen (secondary N) is 1. The molecule has 2 aromatic rings. The van der Waals surface area contributed by atoms with Crippen molar-refractivity contribution in [1.29, 1.82) is 0 Å². The van der Waals surface area contributed by atoms with Crippen LogP contribution in [0.5, 0.6) is 0 Å². The second-order valence-corrected chi connectivity index (χ2v) is 3.55. The standard InChI is InChI=1S/C9H11N3O2/c1-4(2)7-6-8(12-14-7)10-5(3)11-9(6)13/h4H,1-3H3,(H,10,11,12,13). The lowest BCUT2D eigenvalue weighted by atomic mass is 10.1. The highest BCUT2D eigenvalue weighted by molar-refractivity contribution is 5.75. The van der Waals surface area contributed by atoms with E-state index in [1.165, 1.54) is 0 Å². The van der Waals surface area contributed by atoms with Crippen LogP contribution >= 0.6 is 0 Å². The van der Waals surface area contributed by atoms with Crippen LogP contribution in [0.15, 0.2) is 9.32 Å². The molecule has 0 unspecified atom stereocenters. The highest BCUT2D eigenvalue weighted by Crippen LogP contribution is 2.20. The van der Waals surface area contributed by atoms with Gasteiger partial charge in [0.2, 0.25) is 5.65 Å². The number of aromatic amines is 1. The fraction of sp³-hybridized carbons (Fsp3) is 0.444. The monoisotopic (exact) mass is 193 g/mol. The summed E-state index contributed by atoms with van der Waals surface area (Å²) in [6.45, 7) is 5.60. The Labute approximate surface area is 80.1 Å². The van der Waals surface area contributed by atoms with Crippen molar-refractivity contribution in [2.75, 3.05) is 0 Å². The first-order chi connectivity index (χ1) is 6.59. The Morgan fingerprint density at radius 3 is 2.79 bits per heavy atom. The Balaban J connectivity index is 2.86. The molecule has 14 heavy (non-hydrogen) atoms. The quantitative estimate of drug-likeness (QED) is 0.741. The van der Waals surface area contributed by atoms with Gasteiger partial charge in [0, 0.05) is 5.92 Å². The van der Waals surface area contributed by atoms with Crippen molar-refractivity contribution in [2.45, 2.75) is 26.7 Å². The maximum absolute atomic E-state index is 11.6. The molecule has 2 aromatic heterocycles. The molecule has 5 heteroatoms. The first-order valence-corrected chi connectivity index (χ1v) is 4.46. The number of H-pyrrole nitrogens is 1. The highest BCUT2D eigenvalue weighted by atomic mass is 16.5. The van der Waals surface area contributed by atoms with Crippen LogP contribution in [0.2, 0.25) is 0 Å². The average molecular weight is 193 g/mol. The Bertz CT molecular complexity index is 524. The molecule has 0 aromatic carbocycles. The summed E-state index contributed by atoms with van der Waals surface area (Å²) in [6, 6.07) is 0. The van der Waals surface area contributed by atoms with Gasteiger partial charge in [0.25, 0.3) is 5.56 Å². The lowest BCUT2D eigenvalue weighted by Crippen LogP contribution is -2.10. The first kappa shape index (κ1) is 8.93. The zero-order chi connectivity index (χ0) is 10.3. The molecule has 0 atom stereocenters. The molecule has 2 heterocycles. The van der Waals surface area contributed by atoms with Gasteiger partial charge in [-0.3, -0.25) is 4.79 Å². The van der Waals surface area contributed by atoms with Crippen molar-refractivity contribution in [3.63, 3.8) is 0 Å². The highest BCUT2D eigenvalue weighted by Gasteiger charge is 2.16. The molecule has 0 saturated carbocycles. The second-order valence-electron chi connectivity index (χ2n) is 3.55. The molecule has 5 nitrogen and oxygen atoms in total. The minimum Gasteiger partial charge on any atom is -0.358 e. The zero-order valence-electron chi connectivity index (χ0n) is 8.29. The van der Waals surface area contributed by atoms with Gasteiger partial charge in [-0.05, 0) is 6.92 Å². The van der Waals surface area contributed by atoms with Crippen molar-refractivity contribution >= 4 is 11.0 Å². The molecule has 1 N–H and O–H groups in total. The maximum atomic E-state index is 11.6. The number of hydrogen-bond acceptors (Lipinski definition) is 4. The minimum absolute atomic E-state index is 0.130. The SMILES string of the molecule is Cc1nc2noc(C(C)C)c2c(=O)[nH]1. The largest absolute Gasteiger partial charge is 0.358 e.